The Labute approximate surface area is 808 Å². The molecule has 0 amide bonds. The second-order valence-electron chi connectivity index (χ2n) is 33.3. The van der Waals surface area contributed by atoms with Crippen molar-refractivity contribution in [2.75, 3.05) is 69.1 Å². The molecule has 0 radical (unpaired) electrons. The molecule has 0 bridgehead atoms. The lowest BCUT2D eigenvalue weighted by Gasteiger charge is -2.16. The molecule has 0 aliphatic heterocycles. The number of benzene rings is 12. The summed E-state index contributed by atoms with van der Waals surface area (Å²) >= 11 is 0. The second-order valence-corrected chi connectivity index (χ2v) is 33.3. The first-order valence-corrected chi connectivity index (χ1v) is 46.6. The highest BCUT2D eigenvalue weighted by atomic mass is 19.1. The van der Waals surface area contributed by atoms with Crippen molar-refractivity contribution in [3.63, 3.8) is 0 Å². The summed E-state index contributed by atoms with van der Waals surface area (Å²) in [7, 11) is 9.00. The Balaban J connectivity index is 0.000000206. The van der Waals surface area contributed by atoms with Crippen LogP contribution in [0.15, 0.2) is 243 Å². The number of esters is 2. The second kappa shape index (κ2) is 56.4. The third-order valence-corrected chi connectivity index (χ3v) is 22.8. The quantitative estimate of drug-likeness (QED) is 0.0205. The van der Waals surface area contributed by atoms with Gasteiger partial charge in [0, 0.05) is 44.5 Å². The maximum absolute atomic E-state index is 14.7. The first kappa shape index (κ1) is 108. The molecule has 0 saturated heterocycles. The smallest absolute Gasteiger partial charge is 0.306 e. The van der Waals surface area contributed by atoms with Crippen LogP contribution in [-0.4, -0.2) is 103 Å². The van der Waals surface area contributed by atoms with Crippen LogP contribution in [0.25, 0.3) is 44.5 Å². The van der Waals surface area contributed by atoms with Gasteiger partial charge in [-0.3, -0.25) is 19.2 Å². The predicted octanol–water partition coefficient (Wildman–Crippen LogP) is 27.5. The highest BCUT2D eigenvalue weighted by molar-refractivity contribution is 5.77. The van der Waals surface area contributed by atoms with Gasteiger partial charge in [0.1, 0.15) is 119 Å². The number of aliphatic carboxylic acids is 2. The molecule has 138 heavy (non-hydrogen) atoms. The minimum atomic E-state index is -0.831. The fraction of sp³-hybridized carbons (Fsp3) is 0.333. The summed E-state index contributed by atoms with van der Waals surface area (Å²) in [5.41, 5.74) is 11.7. The monoisotopic (exact) mass is 1890 g/mol. The number of hydrogen-bond acceptors (Lipinski definition) is 18. The van der Waals surface area contributed by atoms with E-state index in [-0.39, 0.29) is 71.7 Å². The molecule has 0 aliphatic carbocycles. The fourth-order valence-electron chi connectivity index (χ4n) is 14.6. The number of unbranched alkanes of at least 4 members (excludes halogenated alkanes) is 4. The number of carbonyl (C=O) groups is 4. The maximum atomic E-state index is 14.7. The van der Waals surface area contributed by atoms with E-state index >= 15 is 0 Å². The van der Waals surface area contributed by atoms with Crippen molar-refractivity contribution >= 4 is 23.9 Å². The Kier molecular flexibility index (Phi) is 43.9. The van der Waals surface area contributed by atoms with Crippen molar-refractivity contribution in [2.24, 2.45) is 0 Å². The van der Waals surface area contributed by atoms with Gasteiger partial charge < -0.3 is 76.5 Å². The molecule has 0 unspecified atom stereocenters. The van der Waals surface area contributed by atoms with Crippen LogP contribution in [0.2, 0.25) is 0 Å². The number of carbonyl (C=O) groups excluding carboxylic acids is 2. The predicted molar refractivity (Wildman–Crippen MR) is 530 cm³/mol. The highest BCUT2D eigenvalue weighted by Gasteiger charge is 2.23. The number of ether oxygens (including phenoxy) is 14. The van der Waals surface area contributed by atoms with E-state index < -0.39 is 11.9 Å². The number of methoxy groups -OCH3 is 6. The Hall–Kier alpha value is -14.2. The van der Waals surface area contributed by atoms with E-state index in [1.165, 1.54) is 38.5 Å². The zero-order valence-corrected chi connectivity index (χ0v) is 81.3. The molecule has 12 rings (SSSR count). The lowest BCUT2D eigenvalue weighted by Crippen LogP contribution is -2.06. The zero-order chi connectivity index (χ0) is 99.4. The van der Waals surface area contributed by atoms with Crippen LogP contribution >= 0.6 is 0 Å². The lowest BCUT2D eigenvalue weighted by atomic mass is 9.98. The Morgan fingerprint density at radius 2 is 0.486 bits per heavy atom. The molecule has 0 spiro atoms. The minimum Gasteiger partial charge on any atom is -0.497 e. The molecular weight excluding hydrogens is 1770 g/mol. The van der Waals surface area contributed by atoms with E-state index in [0.717, 1.165) is 95.9 Å². The summed E-state index contributed by atoms with van der Waals surface area (Å²) in [5.74, 6) is 3.68. The third-order valence-electron chi connectivity index (χ3n) is 22.8. The molecule has 0 fully saturated rings. The topological polar surface area (TPSA) is 238 Å². The minimum absolute atomic E-state index is 0.0154. The average Bonchev–Trinajstić information content (AvgIpc) is 0.815. The number of carboxylic acid groups (broad SMARTS) is 2. The summed E-state index contributed by atoms with van der Waals surface area (Å²) in [6, 6.07) is 71.5. The van der Waals surface area contributed by atoms with Gasteiger partial charge in [-0.15, -0.1) is 0 Å². The van der Waals surface area contributed by atoms with Gasteiger partial charge in [-0.05, 0) is 239 Å². The van der Waals surface area contributed by atoms with Crippen molar-refractivity contribution in [3.05, 3.63) is 310 Å². The summed E-state index contributed by atoms with van der Waals surface area (Å²) in [5, 5.41) is 18.1. The molecule has 4 atom stereocenters. The van der Waals surface area contributed by atoms with E-state index in [2.05, 4.69) is 27.7 Å². The van der Waals surface area contributed by atoms with Crippen LogP contribution in [0.4, 0.5) is 17.6 Å². The fourth-order valence-corrected chi connectivity index (χ4v) is 14.6. The molecule has 0 aliphatic rings. The van der Waals surface area contributed by atoms with Crippen molar-refractivity contribution in [3.8, 4) is 114 Å². The Morgan fingerprint density at radius 3 is 0.688 bits per heavy atom. The van der Waals surface area contributed by atoms with Crippen molar-refractivity contribution in [1.29, 1.82) is 0 Å². The van der Waals surface area contributed by atoms with Gasteiger partial charge in [-0.2, -0.15) is 0 Å². The molecule has 0 saturated carbocycles. The van der Waals surface area contributed by atoms with Crippen LogP contribution < -0.4 is 56.8 Å². The molecule has 12 aromatic carbocycles. The molecule has 24 heteroatoms. The molecule has 0 aromatic heterocycles. The van der Waals surface area contributed by atoms with Crippen LogP contribution in [0.1, 0.15) is 201 Å². The van der Waals surface area contributed by atoms with Gasteiger partial charge in [0.2, 0.25) is 0 Å². The summed E-state index contributed by atoms with van der Waals surface area (Å²) in [6.07, 6.45) is 8.28. The number of hydrogen-bond donors (Lipinski definition) is 2. The van der Waals surface area contributed by atoms with Crippen molar-refractivity contribution in [1.82, 2.24) is 0 Å². The third kappa shape index (κ3) is 33.7. The highest BCUT2D eigenvalue weighted by Crippen LogP contribution is 2.42. The van der Waals surface area contributed by atoms with Gasteiger partial charge >= 0.3 is 23.9 Å². The first-order chi connectivity index (χ1) is 66.7. The Bertz CT molecular complexity index is 5540. The standard InChI is InChI=1S/2C29H33FO5.2C28H31FO5/c2*1-5-6-14-34-28-16-21(10-12-25(28)26-18-23(32-3)11-13-27(26)30)19-35-24-9-7-8-22(17-24)20(2)15-29(31)33-4;2*1-4-5-13-33-27-15-20(9-11-24(27)25-17-22(32-3)10-12-26(25)29)18-34-23-8-6-7-21(16-23)19(2)14-28(30)31/h2*7-13,16-18,20H,5-6,14-15,19H2,1-4H3;2*6-12,15-17,19H,4-5,13-14,18H2,1-3H3,(H,30,31)/t2*20-;2*19-/m1010/s1. The van der Waals surface area contributed by atoms with Gasteiger partial charge in [0.15, 0.2) is 0 Å². The first-order valence-electron chi connectivity index (χ1n) is 46.6. The van der Waals surface area contributed by atoms with E-state index in [0.29, 0.717) is 179 Å². The normalized spacial score (nSPS) is 11.6. The molecule has 0 heterocycles. The number of halogens is 4. The van der Waals surface area contributed by atoms with E-state index in [9.17, 15) is 36.7 Å². The molecule has 20 nitrogen and oxygen atoms in total. The lowest BCUT2D eigenvalue weighted by molar-refractivity contribution is -0.141. The van der Waals surface area contributed by atoms with Crippen molar-refractivity contribution < 1.29 is 113 Å². The summed E-state index contributed by atoms with van der Waals surface area (Å²) in [4.78, 5) is 45.3. The van der Waals surface area contributed by atoms with Crippen LogP contribution in [0.3, 0.4) is 0 Å². The molecule has 732 valence electrons. The van der Waals surface area contributed by atoms with E-state index in [1.807, 2.05) is 198 Å². The van der Waals surface area contributed by atoms with Crippen LogP contribution in [0.5, 0.6) is 69.0 Å². The van der Waals surface area contributed by atoms with Gasteiger partial charge in [-0.25, -0.2) is 17.6 Å². The molecule has 12 aromatic rings. The van der Waals surface area contributed by atoms with E-state index in [1.54, 1.807) is 77.0 Å². The van der Waals surface area contributed by atoms with Gasteiger partial charge in [-0.1, -0.05) is 178 Å². The van der Waals surface area contributed by atoms with Crippen LogP contribution in [0, 0.1) is 23.3 Å². The Morgan fingerprint density at radius 1 is 0.261 bits per heavy atom. The van der Waals surface area contributed by atoms with Gasteiger partial charge in [0.05, 0.1) is 94.8 Å². The average molecular weight is 1890 g/mol. The molecule has 2 N–H and O–H groups in total. The number of rotatable bonds is 48. The summed E-state index contributed by atoms with van der Waals surface area (Å²) < 4.78 is 137. The summed E-state index contributed by atoms with van der Waals surface area (Å²) in [6.45, 7) is 19.4. The van der Waals surface area contributed by atoms with Gasteiger partial charge in [0.25, 0.3) is 0 Å². The maximum Gasteiger partial charge on any atom is 0.306 e. The largest absolute Gasteiger partial charge is 0.497 e. The molecular formula is C114H128F4O20. The number of carboxylic acids is 2. The van der Waals surface area contributed by atoms with Crippen LogP contribution in [-0.2, 0) is 55.1 Å². The zero-order valence-electron chi connectivity index (χ0n) is 81.3. The van der Waals surface area contributed by atoms with Crippen molar-refractivity contribution in [2.45, 2.75) is 183 Å². The van der Waals surface area contributed by atoms with E-state index in [4.69, 9.17) is 76.5 Å². The SMILES string of the molecule is CCCCOc1cc(COc2cccc([C@@H](C)CC(=O)O)c2)ccc1-c1cc(OC)ccc1F.CCCCOc1cc(COc2cccc([C@@H](C)CC(=O)OC)c2)ccc1-c1cc(OC)ccc1F.CCCCOc1cc(COc2cccc([C@H](C)CC(=O)O)c2)ccc1-c1cc(OC)ccc1F.CCCCOc1cc(COc2cccc([C@H](C)CC(=O)OC)c2)ccc1-c1cc(OC)ccc1F.